The minimum absolute atomic E-state index is 0.281. The van der Waals surface area contributed by atoms with E-state index in [9.17, 15) is 9.50 Å². The number of aliphatic hydroxyl groups is 1. The number of benzene rings is 1. The lowest BCUT2D eigenvalue weighted by molar-refractivity contribution is 0.215. The molecular formula is C12H10FNO. The van der Waals surface area contributed by atoms with E-state index in [1.54, 1.807) is 42.7 Å². The fraction of sp³-hybridized carbons (Fsp3) is 0.0833. The van der Waals surface area contributed by atoms with Gasteiger partial charge in [-0.15, -0.1) is 0 Å². The SMILES string of the molecule is OC(c1ccncc1)c1ccccc1F. The molecule has 0 aliphatic rings. The molecule has 1 heterocycles. The Kier molecular flexibility index (Phi) is 2.74. The molecule has 0 aliphatic heterocycles. The minimum Gasteiger partial charge on any atom is -0.384 e. The fourth-order valence-corrected chi connectivity index (χ4v) is 1.42. The van der Waals surface area contributed by atoms with E-state index in [-0.39, 0.29) is 5.56 Å². The second-order valence-corrected chi connectivity index (χ2v) is 3.20. The topological polar surface area (TPSA) is 33.1 Å². The molecule has 1 N–H and O–H groups in total. The van der Waals surface area contributed by atoms with E-state index in [2.05, 4.69) is 4.98 Å². The van der Waals surface area contributed by atoms with Crippen molar-refractivity contribution >= 4 is 0 Å². The van der Waals surface area contributed by atoms with Gasteiger partial charge in [-0.1, -0.05) is 18.2 Å². The molecule has 76 valence electrons. The van der Waals surface area contributed by atoms with Crippen molar-refractivity contribution in [1.29, 1.82) is 0 Å². The van der Waals surface area contributed by atoms with Crippen LogP contribution in [0.15, 0.2) is 48.8 Å². The molecule has 3 heteroatoms. The van der Waals surface area contributed by atoms with E-state index in [1.165, 1.54) is 6.07 Å². The first-order chi connectivity index (χ1) is 7.29. The average molecular weight is 203 g/mol. The second kappa shape index (κ2) is 4.19. The first-order valence-corrected chi connectivity index (χ1v) is 4.61. The minimum atomic E-state index is -0.936. The summed E-state index contributed by atoms with van der Waals surface area (Å²) in [5.74, 6) is -0.401. The first-order valence-electron chi connectivity index (χ1n) is 4.61. The van der Waals surface area contributed by atoms with Crippen LogP contribution in [0.3, 0.4) is 0 Å². The number of nitrogens with zero attached hydrogens (tertiary/aromatic N) is 1. The Morgan fingerprint density at radius 2 is 1.73 bits per heavy atom. The first kappa shape index (κ1) is 9.80. The van der Waals surface area contributed by atoms with Crippen molar-refractivity contribution in [2.24, 2.45) is 0 Å². The molecule has 0 spiro atoms. The lowest BCUT2D eigenvalue weighted by Gasteiger charge is -2.11. The summed E-state index contributed by atoms with van der Waals surface area (Å²) < 4.78 is 13.4. The molecule has 0 amide bonds. The van der Waals surface area contributed by atoms with Gasteiger partial charge in [-0.05, 0) is 23.8 Å². The molecule has 0 saturated heterocycles. The van der Waals surface area contributed by atoms with Crippen molar-refractivity contribution in [2.75, 3.05) is 0 Å². The van der Waals surface area contributed by atoms with E-state index in [0.29, 0.717) is 5.56 Å². The van der Waals surface area contributed by atoms with Crippen molar-refractivity contribution < 1.29 is 9.50 Å². The Labute approximate surface area is 87.0 Å². The maximum Gasteiger partial charge on any atom is 0.129 e. The molecule has 0 saturated carbocycles. The Morgan fingerprint density at radius 1 is 1.07 bits per heavy atom. The van der Waals surface area contributed by atoms with Crippen molar-refractivity contribution in [3.8, 4) is 0 Å². The molecule has 0 radical (unpaired) electrons. The average Bonchev–Trinajstić information content (AvgIpc) is 2.30. The predicted octanol–water partition coefficient (Wildman–Crippen LogP) is 2.30. The molecule has 2 aromatic rings. The van der Waals surface area contributed by atoms with E-state index >= 15 is 0 Å². The van der Waals surface area contributed by atoms with Gasteiger partial charge in [-0.3, -0.25) is 4.98 Å². The third-order valence-corrected chi connectivity index (χ3v) is 2.22. The van der Waals surface area contributed by atoms with Crippen LogP contribution in [0.25, 0.3) is 0 Å². The van der Waals surface area contributed by atoms with Crippen LogP contribution in [-0.4, -0.2) is 10.1 Å². The Balaban J connectivity index is 2.37. The normalized spacial score (nSPS) is 12.4. The number of hydrogen-bond donors (Lipinski definition) is 1. The molecule has 2 rings (SSSR count). The molecule has 2 nitrogen and oxygen atoms in total. The van der Waals surface area contributed by atoms with Crippen molar-refractivity contribution in [3.05, 3.63) is 65.7 Å². The molecule has 0 fully saturated rings. The van der Waals surface area contributed by atoms with E-state index in [1.807, 2.05) is 0 Å². The molecule has 1 aromatic heterocycles. The Hall–Kier alpha value is -1.74. The lowest BCUT2D eigenvalue weighted by atomic mass is 10.0. The molecule has 1 unspecified atom stereocenters. The summed E-state index contributed by atoms with van der Waals surface area (Å²) in [5.41, 5.74) is 0.916. The highest BCUT2D eigenvalue weighted by Gasteiger charge is 2.13. The van der Waals surface area contributed by atoms with Crippen LogP contribution in [0.1, 0.15) is 17.2 Å². The smallest absolute Gasteiger partial charge is 0.129 e. The summed E-state index contributed by atoms with van der Waals surface area (Å²) >= 11 is 0. The van der Waals surface area contributed by atoms with Crippen LogP contribution >= 0.6 is 0 Å². The number of aliphatic hydroxyl groups excluding tert-OH is 1. The largest absolute Gasteiger partial charge is 0.384 e. The number of aromatic nitrogens is 1. The quantitative estimate of drug-likeness (QED) is 0.812. The van der Waals surface area contributed by atoms with Crippen LogP contribution in [0.5, 0.6) is 0 Å². The van der Waals surface area contributed by atoms with Crippen molar-refractivity contribution in [1.82, 2.24) is 4.98 Å². The Bertz CT molecular complexity index is 444. The molecule has 1 aromatic carbocycles. The number of hydrogen-bond acceptors (Lipinski definition) is 2. The van der Waals surface area contributed by atoms with Crippen LogP contribution in [-0.2, 0) is 0 Å². The number of pyridine rings is 1. The summed E-state index contributed by atoms with van der Waals surface area (Å²) in [6, 6.07) is 9.52. The van der Waals surface area contributed by atoms with Gasteiger partial charge in [-0.2, -0.15) is 0 Å². The van der Waals surface area contributed by atoms with Crippen molar-refractivity contribution in [2.45, 2.75) is 6.10 Å². The molecule has 15 heavy (non-hydrogen) atoms. The molecular weight excluding hydrogens is 193 g/mol. The number of rotatable bonds is 2. The zero-order valence-electron chi connectivity index (χ0n) is 7.97. The van der Waals surface area contributed by atoms with Gasteiger partial charge in [-0.25, -0.2) is 4.39 Å². The third kappa shape index (κ3) is 2.02. The van der Waals surface area contributed by atoms with Gasteiger partial charge >= 0.3 is 0 Å². The van der Waals surface area contributed by atoms with E-state index in [4.69, 9.17) is 0 Å². The number of halogens is 1. The highest BCUT2D eigenvalue weighted by Crippen LogP contribution is 2.23. The standard InChI is InChI=1S/C12H10FNO/c13-11-4-2-1-3-10(11)12(15)9-5-7-14-8-6-9/h1-8,12,15H. The molecule has 0 bridgehead atoms. The van der Waals surface area contributed by atoms with Gasteiger partial charge in [0.25, 0.3) is 0 Å². The molecule has 0 aliphatic carbocycles. The maximum atomic E-state index is 13.4. The van der Waals surface area contributed by atoms with Gasteiger partial charge in [0.2, 0.25) is 0 Å². The van der Waals surface area contributed by atoms with Crippen LogP contribution in [0.2, 0.25) is 0 Å². The molecule has 1 atom stereocenters. The van der Waals surface area contributed by atoms with Crippen LogP contribution < -0.4 is 0 Å². The summed E-state index contributed by atoms with van der Waals surface area (Å²) in [6.07, 6.45) is 2.20. The van der Waals surface area contributed by atoms with Gasteiger partial charge in [0, 0.05) is 18.0 Å². The lowest BCUT2D eigenvalue weighted by Crippen LogP contribution is -2.02. The predicted molar refractivity (Wildman–Crippen MR) is 54.7 cm³/mol. The third-order valence-electron chi connectivity index (χ3n) is 2.22. The summed E-state index contributed by atoms with van der Waals surface area (Å²) in [5, 5.41) is 9.90. The summed E-state index contributed by atoms with van der Waals surface area (Å²) in [6.45, 7) is 0. The van der Waals surface area contributed by atoms with Gasteiger partial charge in [0.15, 0.2) is 0 Å². The highest BCUT2D eigenvalue weighted by molar-refractivity contribution is 5.29. The monoisotopic (exact) mass is 203 g/mol. The van der Waals surface area contributed by atoms with Crippen LogP contribution in [0, 0.1) is 5.82 Å². The van der Waals surface area contributed by atoms with Crippen LogP contribution in [0.4, 0.5) is 4.39 Å². The second-order valence-electron chi connectivity index (χ2n) is 3.20. The van der Waals surface area contributed by atoms with Gasteiger partial charge in [0.1, 0.15) is 11.9 Å². The zero-order valence-corrected chi connectivity index (χ0v) is 7.97. The van der Waals surface area contributed by atoms with E-state index in [0.717, 1.165) is 0 Å². The maximum absolute atomic E-state index is 13.4. The summed E-state index contributed by atoms with van der Waals surface area (Å²) in [4.78, 5) is 3.84. The van der Waals surface area contributed by atoms with Gasteiger partial charge in [0.05, 0.1) is 0 Å². The van der Waals surface area contributed by atoms with Gasteiger partial charge < -0.3 is 5.11 Å². The van der Waals surface area contributed by atoms with Crippen molar-refractivity contribution in [3.63, 3.8) is 0 Å². The summed E-state index contributed by atoms with van der Waals surface area (Å²) in [7, 11) is 0. The fourth-order valence-electron chi connectivity index (χ4n) is 1.42. The highest BCUT2D eigenvalue weighted by atomic mass is 19.1. The zero-order chi connectivity index (χ0) is 10.7. The van der Waals surface area contributed by atoms with E-state index < -0.39 is 11.9 Å². The Morgan fingerprint density at radius 3 is 2.40 bits per heavy atom.